The number of carbonyl (C=O) groups is 1. The first-order valence-electron chi connectivity index (χ1n) is 5.53. The number of nitrogen functional groups attached to an aromatic ring is 1. The van der Waals surface area contributed by atoms with E-state index in [0.29, 0.717) is 23.7 Å². The van der Waals surface area contributed by atoms with Crippen molar-refractivity contribution in [2.24, 2.45) is 0 Å². The molecule has 5 nitrogen and oxygen atoms in total. The van der Waals surface area contributed by atoms with E-state index in [2.05, 4.69) is 5.32 Å². The van der Waals surface area contributed by atoms with E-state index < -0.39 is 10.8 Å². The number of benzene rings is 1. The predicted molar refractivity (Wildman–Crippen MR) is 74.0 cm³/mol. The Morgan fingerprint density at radius 3 is 2.83 bits per heavy atom. The smallest absolute Gasteiger partial charge is 0.237 e. The monoisotopic (exact) mass is 270 g/mol. The Morgan fingerprint density at radius 2 is 2.22 bits per heavy atom. The van der Waals surface area contributed by atoms with Gasteiger partial charge in [-0.1, -0.05) is 12.1 Å². The van der Waals surface area contributed by atoms with Crippen LogP contribution in [0, 0.1) is 6.92 Å². The number of para-hydroxylation sites is 1. The van der Waals surface area contributed by atoms with Crippen molar-refractivity contribution in [3.8, 4) is 0 Å². The zero-order valence-electron chi connectivity index (χ0n) is 10.6. The number of methoxy groups -OCH3 is 1. The highest BCUT2D eigenvalue weighted by Gasteiger charge is 2.11. The molecule has 0 aromatic heterocycles. The molecule has 3 N–H and O–H groups in total. The Kier molecular flexibility index (Phi) is 5.80. The second-order valence-electron chi connectivity index (χ2n) is 3.87. The van der Waals surface area contributed by atoms with E-state index in [9.17, 15) is 9.00 Å². The molecular weight excluding hydrogens is 252 g/mol. The zero-order chi connectivity index (χ0) is 13.5. The molecule has 0 saturated heterocycles. The van der Waals surface area contributed by atoms with Crippen LogP contribution in [0.15, 0.2) is 18.2 Å². The van der Waals surface area contributed by atoms with Gasteiger partial charge in [-0.3, -0.25) is 9.00 Å². The summed E-state index contributed by atoms with van der Waals surface area (Å²) in [6.45, 7) is 2.24. The number of ether oxygens (including phenoxy) is 1. The summed E-state index contributed by atoms with van der Waals surface area (Å²) in [5.41, 5.74) is 7.75. The molecule has 0 fully saturated rings. The van der Waals surface area contributed by atoms with E-state index in [1.807, 2.05) is 19.1 Å². The van der Waals surface area contributed by atoms with Gasteiger partial charge in [0.15, 0.2) is 0 Å². The van der Waals surface area contributed by atoms with Gasteiger partial charge in [-0.05, 0) is 18.6 Å². The fraction of sp³-hybridized carbons (Fsp3) is 0.417. The number of hydrogen-bond donors (Lipinski definition) is 2. The predicted octanol–water partition coefficient (Wildman–Crippen LogP) is 0.911. The minimum absolute atomic E-state index is 0.0445. The van der Waals surface area contributed by atoms with E-state index in [1.54, 1.807) is 6.07 Å². The van der Waals surface area contributed by atoms with Gasteiger partial charge in [0.05, 0.1) is 18.0 Å². The molecule has 0 bridgehead atoms. The topological polar surface area (TPSA) is 81.4 Å². The number of anilines is 2. The summed E-state index contributed by atoms with van der Waals surface area (Å²) in [7, 11) is 0.318. The standard InChI is InChI=1S/C12H18N2O3S/c1-9-4-3-5-10(13)12(9)14-11(15)8-18(16)7-6-17-2/h3-5H,6-8,13H2,1-2H3,(H,14,15). The number of carbonyl (C=O) groups excluding carboxylic acids is 1. The molecule has 6 heteroatoms. The molecule has 0 aliphatic heterocycles. The molecule has 0 aliphatic rings. The van der Waals surface area contributed by atoms with Gasteiger partial charge in [0, 0.05) is 23.7 Å². The largest absolute Gasteiger partial charge is 0.397 e. The van der Waals surface area contributed by atoms with Crippen molar-refractivity contribution >= 4 is 28.1 Å². The molecule has 0 aliphatic carbocycles. The quantitative estimate of drug-likeness (QED) is 0.753. The third-order valence-electron chi connectivity index (χ3n) is 2.38. The summed E-state index contributed by atoms with van der Waals surface area (Å²) in [6, 6.07) is 5.38. The Labute approximate surface area is 109 Å². The van der Waals surface area contributed by atoms with Crippen molar-refractivity contribution < 1.29 is 13.7 Å². The summed E-state index contributed by atoms with van der Waals surface area (Å²) in [6.07, 6.45) is 0. The lowest BCUT2D eigenvalue weighted by Gasteiger charge is -2.10. The lowest BCUT2D eigenvalue weighted by atomic mass is 10.1. The van der Waals surface area contributed by atoms with E-state index in [4.69, 9.17) is 10.5 Å². The lowest BCUT2D eigenvalue weighted by molar-refractivity contribution is -0.113. The van der Waals surface area contributed by atoms with Gasteiger partial charge in [-0.15, -0.1) is 0 Å². The van der Waals surface area contributed by atoms with Crippen molar-refractivity contribution in [3.63, 3.8) is 0 Å². The normalized spacial score (nSPS) is 12.1. The Bertz CT molecular complexity index is 429. The fourth-order valence-electron chi connectivity index (χ4n) is 1.43. The molecule has 0 saturated carbocycles. The summed E-state index contributed by atoms with van der Waals surface area (Å²) in [5, 5.41) is 2.69. The van der Waals surface area contributed by atoms with Crippen LogP contribution in [0.3, 0.4) is 0 Å². The van der Waals surface area contributed by atoms with Crippen LogP contribution in [0.1, 0.15) is 5.56 Å². The summed E-state index contributed by atoms with van der Waals surface area (Å²) in [4.78, 5) is 11.7. The molecule has 1 aromatic rings. The van der Waals surface area contributed by atoms with Crippen LogP contribution in [-0.2, 0) is 20.3 Å². The van der Waals surface area contributed by atoms with E-state index in [-0.39, 0.29) is 11.7 Å². The van der Waals surface area contributed by atoms with Crippen LogP contribution in [0.5, 0.6) is 0 Å². The molecule has 0 radical (unpaired) electrons. The van der Waals surface area contributed by atoms with Gasteiger partial charge in [-0.25, -0.2) is 0 Å². The van der Waals surface area contributed by atoms with Gasteiger partial charge in [0.25, 0.3) is 0 Å². The average Bonchev–Trinajstić information content (AvgIpc) is 2.31. The molecule has 1 atom stereocenters. The third-order valence-corrected chi connectivity index (χ3v) is 3.58. The maximum absolute atomic E-state index is 11.7. The van der Waals surface area contributed by atoms with E-state index in [1.165, 1.54) is 7.11 Å². The Hall–Kier alpha value is -1.40. The molecule has 100 valence electrons. The van der Waals surface area contributed by atoms with Crippen LogP contribution in [0.25, 0.3) is 0 Å². The number of rotatable bonds is 6. The number of aryl methyl sites for hydroxylation is 1. The third kappa shape index (κ3) is 4.46. The highest BCUT2D eigenvalue weighted by atomic mass is 32.2. The molecule has 1 amide bonds. The van der Waals surface area contributed by atoms with Crippen molar-refractivity contribution in [1.82, 2.24) is 0 Å². The maximum Gasteiger partial charge on any atom is 0.237 e. The number of amides is 1. The van der Waals surface area contributed by atoms with Crippen molar-refractivity contribution in [2.75, 3.05) is 36.3 Å². The molecule has 1 aromatic carbocycles. The van der Waals surface area contributed by atoms with Crippen molar-refractivity contribution in [1.29, 1.82) is 0 Å². The molecule has 18 heavy (non-hydrogen) atoms. The van der Waals surface area contributed by atoms with Gasteiger partial charge in [-0.2, -0.15) is 0 Å². The minimum atomic E-state index is -1.21. The Balaban J connectivity index is 2.57. The second kappa shape index (κ2) is 7.13. The van der Waals surface area contributed by atoms with Crippen molar-refractivity contribution in [2.45, 2.75) is 6.92 Å². The van der Waals surface area contributed by atoms with E-state index >= 15 is 0 Å². The lowest BCUT2D eigenvalue weighted by Crippen LogP contribution is -2.22. The zero-order valence-corrected chi connectivity index (χ0v) is 11.4. The first kappa shape index (κ1) is 14.7. The molecular formula is C12H18N2O3S. The van der Waals surface area contributed by atoms with Crippen molar-refractivity contribution in [3.05, 3.63) is 23.8 Å². The van der Waals surface area contributed by atoms with Crippen LogP contribution in [-0.4, -0.2) is 35.3 Å². The summed E-state index contributed by atoms with van der Waals surface area (Å²) < 4.78 is 16.3. The van der Waals surface area contributed by atoms with E-state index in [0.717, 1.165) is 5.56 Å². The number of nitrogens with one attached hydrogen (secondary N) is 1. The average molecular weight is 270 g/mol. The number of nitrogens with two attached hydrogens (primary N) is 1. The fourth-order valence-corrected chi connectivity index (χ4v) is 2.29. The summed E-state index contributed by atoms with van der Waals surface area (Å²) >= 11 is 0. The highest BCUT2D eigenvalue weighted by molar-refractivity contribution is 7.85. The minimum Gasteiger partial charge on any atom is -0.397 e. The SMILES string of the molecule is COCCS(=O)CC(=O)Nc1c(C)cccc1N. The molecule has 0 heterocycles. The van der Waals surface area contributed by atoms with Crippen LogP contribution in [0.4, 0.5) is 11.4 Å². The highest BCUT2D eigenvalue weighted by Crippen LogP contribution is 2.22. The van der Waals surface area contributed by atoms with Crippen LogP contribution in [0.2, 0.25) is 0 Å². The van der Waals surface area contributed by atoms with Gasteiger partial charge in [0.2, 0.25) is 5.91 Å². The first-order chi connectivity index (χ1) is 8.54. The molecule has 1 unspecified atom stereocenters. The van der Waals surface area contributed by atoms with Gasteiger partial charge >= 0.3 is 0 Å². The maximum atomic E-state index is 11.7. The molecule has 1 rings (SSSR count). The molecule has 0 spiro atoms. The Morgan fingerprint density at radius 1 is 1.50 bits per heavy atom. The van der Waals surface area contributed by atoms with Crippen LogP contribution < -0.4 is 11.1 Å². The summed E-state index contributed by atoms with van der Waals surface area (Å²) in [5.74, 6) is 0.00931. The number of hydrogen-bond acceptors (Lipinski definition) is 4. The van der Waals surface area contributed by atoms with Crippen LogP contribution >= 0.6 is 0 Å². The van der Waals surface area contributed by atoms with Gasteiger partial charge in [0.1, 0.15) is 5.75 Å². The van der Waals surface area contributed by atoms with Gasteiger partial charge < -0.3 is 15.8 Å². The first-order valence-corrected chi connectivity index (χ1v) is 7.02. The second-order valence-corrected chi connectivity index (χ2v) is 5.44.